The van der Waals surface area contributed by atoms with E-state index in [0.717, 1.165) is 10.0 Å². The van der Waals surface area contributed by atoms with Crippen LogP contribution in [0.4, 0.5) is 0 Å². The van der Waals surface area contributed by atoms with Gasteiger partial charge in [0.25, 0.3) is 0 Å². The van der Waals surface area contributed by atoms with Gasteiger partial charge in [0.05, 0.1) is 11.6 Å². The molecule has 0 aliphatic carbocycles. The van der Waals surface area contributed by atoms with Crippen molar-refractivity contribution in [3.63, 3.8) is 0 Å². The van der Waals surface area contributed by atoms with Gasteiger partial charge in [0, 0.05) is 4.47 Å². The Morgan fingerprint density at radius 2 is 1.88 bits per heavy atom. The van der Waals surface area contributed by atoms with Crippen LogP contribution in [-0.4, -0.2) is 11.4 Å². The molecule has 1 aromatic rings. The van der Waals surface area contributed by atoms with Crippen molar-refractivity contribution in [1.29, 1.82) is 0 Å². The molecule has 0 saturated heterocycles. The molecule has 0 aliphatic heterocycles. The molecule has 0 heterocycles. The summed E-state index contributed by atoms with van der Waals surface area (Å²) in [6, 6.07) is 7.80. The van der Waals surface area contributed by atoms with Gasteiger partial charge < -0.3 is 11.1 Å². The first kappa shape index (κ1) is 13.2. The van der Waals surface area contributed by atoms with Gasteiger partial charge >= 0.3 is 0 Å². The molecule has 0 bridgehead atoms. The predicted octanol–water partition coefficient (Wildman–Crippen LogP) is 2.36. The number of nitrogens with one attached hydrogen (secondary N) is 1. The van der Waals surface area contributed by atoms with Gasteiger partial charge in [0.15, 0.2) is 0 Å². The number of carbonyl (C=O) groups is 1. The predicted molar refractivity (Wildman–Crippen MR) is 69.0 cm³/mol. The Balaban J connectivity index is 2.69. The third-order valence-corrected chi connectivity index (χ3v) is 2.83. The minimum atomic E-state index is -0.844. The van der Waals surface area contributed by atoms with Gasteiger partial charge in [-0.05, 0) is 38.5 Å². The number of amides is 1. The molecule has 1 atom stereocenters. The molecule has 0 radical (unpaired) electrons. The SMILES string of the molecule is C[C@@H](NC(=O)C(C)(C)N)c1ccc(Br)cc1. The molecule has 1 amide bonds. The zero-order chi connectivity index (χ0) is 12.3. The van der Waals surface area contributed by atoms with Gasteiger partial charge in [0.1, 0.15) is 0 Å². The van der Waals surface area contributed by atoms with Crippen molar-refractivity contribution < 1.29 is 4.79 Å². The van der Waals surface area contributed by atoms with E-state index < -0.39 is 5.54 Å². The molecule has 16 heavy (non-hydrogen) atoms. The summed E-state index contributed by atoms with van der Waals surface area (Å²) in [6.45, 7) is 5.32. The largest absolute Gasteiger partial charge is 0.348 e. The molecule has 3 N–H and O–H groups in total. The Morgan fingerprint density at radius 1 is 1.38 bits per heavy atom. The zero-order valence-corrected chi connectivity index (χ0v) is 11.3. The quantitative estimate of drug-likeness (QED) is 0.895. The number of rotatable bonds is 3. The maximum Gasteiger partial charge on any atom is 0.239 e. The van der Waals surface area contributed by atoms with Crippen LogP contribution in [0, 0.1) is 0 Å². The van der Waals surface area contributed by atoms with Gasteiger partial charge in [0.2, 0.25) is 5.91 Å². The van der Waals surface area contributed by atoms with Crippen molar-refractivity contribution in [2.75, 3.05) is 0 Å². The third-order valence-electron chi connectivity index (χ3n) is 2.30. The van der Waals surface area contributed by atoms with Gasteiger partial charge in [-0.1, -0.05) is 28.1 Å². The van der Waals surface area contributed by atoms with E-state index in [4.69, 9.17) is 5.73 Å². The highest BCUT2D eigenvalue weighted by Crippen LogP contribution is 2.16. The monoisotopic (exact) mass is 284 g/mol. The van der Waals surface area contributed by atoms with E-state index in [1.807, 2.05) is 31.2 Å². The van der Waals surface area contributed by atoms with Crippen LogP contribution in [0.15, 0.2) is 28.7 Å². The fourth-order valence-corrected chi connectivity index (χ4v) is 1.48. The highest BCUT2D eigenvalue weighted by Gasteiger charge is 2.23. The van der Waals surface area contributed by atoms with E-state index >= 15 is 0 Å². The Kier molecular flexibility index (Phi) is 4.10. The zero-order valence-electron chi connectivity index (χ0n) is 9.75. The maximum atomic E-state index is 11.7. The normalized spacial score (nSPS) is 13.3. The van der Waals surface area contributed by atoms with E-state index in [1.165, 1.54) is 0 Å². The summed E-state index contributed by atoms with van der Waals surface area (Å²) in [5.74, 6) is -0.150. The fourth-order valence-electron chi connectivity index (χ4n) is 1.22. The lowest BCUT2D eigenvalue weighted by molar-refractivity contribution is -0.125. The molecular formula is C12H17BrN2O. The fraction of sp³-hybridized carbons (Fsp3) is 0.417. The number of carbonyl (C=O) groups excluding carboxylic acids is 1. The first-order chi connectivity index (χ1) is 7.30. The molecule has 3 nitrogen and oxygen atoms in total. The van der Waals surface area contributed by atoms with E-state index in [1.54, 1.807) is 13.8 Å². The van der Waals surface area contributed by atoms with Crippen LogP contribution >= 0.6 is 15.9 Å². The van der Waals surface area contributed by atoms with E-state index in [9.17, 15) is 4.79 Å². The van der Waals surface area contributed by atoms with Crippen LogP contribution < -0.4 is 11.1 Å². The second kappa shape index (κ2) is 4.97. The number of hydrogen-bond donors (Lipinski definition) is 2. The summed E-state index contributed by atoms with van der Waals surface area (Å²) >= 11 is 3.37. The summed E-state index contributed by atoms with van der Waals surface area (Å²) in [4.78, 5) is 11.7. The van der Waals surface area contributed by atoms with Crippen LogP contribution in [0.1, 0.15) is 32.4 Å². The molecule has 0 aliphatic rings. The van der Waals surface area contributed by atoms with Gasteiger partial charge in [-0.25, -0.2) is 0 Å². The van der Waals surface area contributed by atoms with Crippen molar-refractivity contribution in [2.24, 2.45) is 5.73 Å². The molecule has 1 rings (SSSR count). The van der Waals surface area contributed by atoms with Crippen LogP contribution in [0.25, 0.3) is 0 Å². The highest BCUT2D eigenvalue weighted by molar-refractivity contribution is 9.10. The van der Waals surface area contributed by atoms with Gasteiger partial charge in [-0.15, -0.1) is 0 Å². The lowest BCUT2D eigenvalue weighted by Crippen LogP contribution is -2.49. The molecular weight excluding hydrogens is 268 g/mol. The van der Waals surface area contributed by atoms with Gasteiger partial charge in [-0.2, -0.15) is 0 Å². The topological polar surface area (TPSA) is 55.1 Å². The highest BCUT2D eigenvalue weighted by atomic mass is 79.9. The average Bonchev–Trinajstić information content (AvgIpc) is 2.17. The van der Waals surface area contributed by atoms with Gasteiger partial charge in [-0.3, -0.25) is 4.79 Å². The molecule has 0 fully saturated rings. The molecule has 0 unspecified atom stereocenters. The van der Waals surface area contributed by atoms with Crippen molar-refractivity contribution in [2.45, 2.75) is 32.4 Å². The second-order valence-corrected chi connectivity index (χ2v) is 5.38. The molecule has 0 spiro atoms. The van der Waals surface area contributed by atoms with Crippen LogP contribution in [0.5, 0.6) is 0 Å². The summed E-state index contributed by atoms with van der Waals surface area (Å²) in [5.41, 5.74) is 5.92. The van der Waals surface area contributed by atoms with E-state index in [-0.39, 0.29) is 11.9 Å². The summed E-state index contributed by atoms with van der Waals surface area (Å²) in [6.07, 6.45) is 0. The summed E-state index contributed by atoms with van der Waals surface area (Å²) < 4.78 is 1.02. The van der Waals surface area contributed by atoms with Crippen LogP contribution in [0.3, 0.4) is 0 Å². The average molecular weight is 285 g/mol. The molecule has 88 valence electrons. The number of hydrogen-bond acceptors (Lipinski definition) is 2. The Morgan fingerprint density at radius 3 is 2.31 bits per heavy atom. The third kappa shape index (κ3) is 3.61. The molecule has 0 aromatic heterocycles. The molecule has 0 saturated carbocycles. The summed E-state index contributed by atoms with van der Waals surface area (Å²) in [7, 11) is 0. The minimum Gasteiger partial charge on any atom is -0.348 e. The van der Waals surface area contributed by atoms with E-state index in [0.29, 0.717) is 0 Å². The van der Waals surface area contributed by atoms with Crippen molar-refractivity contribution in [3.8, 4) is 0 Å². The number of nitrogens with two attached hydrogens (primary N) is 1. The Bertz CT molecular complexity index is 368. The van der Waals surface area contributed by atoms with E-state index in [2.05, 4.69) is 21.2 Å². The standard InChI is InChI=1S/C12H17BrN2O/c1-8(15-11(16)12(2,3)14)9-4-6-10(13)7-5-9/h4-8H,14H2,1-3H3,(H,15,16)/t8-/m1/s1. The molecule has 4 heteroatoms. The number of halogens is 1. The lowest BCUT2D eigenvalue weighted by atomic mass is 10.0. The lowest BCUT2D eigenvalue weighted by Gasteiger charge is -2.22. The van der Waals surface area contributed by atoms with Crippen LogP contribution in [0.2, 0.25) is 0 Å². The number of benzene rings is 1. The smallest absolute Gasteiger partial charge is 0.239 e. The molecule has 1 aromatic carbocycles. The van der Waals surface area contributed by atoms with Crippen molar-refractivity contribution >= 4 is 21.8 Å². The second-order valence-electron chi connectivity index (χ2n) is 4.47. The first-order valence-electron chi connectivity index (χ1n) is 5.16. The first-order valence-corrected chi connectivity index (χ1v) is 5.95. The summed E-state index contributed by atoms with van der Waals surface area (Å²) in [5, 5.41) is 2.88. The van der Waals surface area contributed by atoms with Crippen LogP contribution in [-0.2, 0) is 4.79 Å². The van der Waals surface area contributed by atoms with Crippen molar-refractivity contribution in [3.05, 3.63) is 34.3 Å². The minimum absolute atomic E-state index is 0.0385. The van der Waals surface area contributed by atoms with Crippen molar-refractivity contribution in [1.82, 2.24) is 5.32 Å². The maximum absolute atomic E-state index is 11.7. The Hall–Kier alpha value is -0.870. The Labute approximate surface area is 105 Å².